The molecule has 1 aliphatic heterocycles. The minimum atomic E-state index is -3.17. The maximum atomic E-state index is 12.0. The third-order valence-corrected chi connectivity index (χ3v) is 6.13. The van der Waals surface area contributed by atoms with Crippen molar-refractivity contribution in [3.8, 4) is 0 Å². The summed E-state index contributed by atoms with van der Waals surface area (Å²) in [4.78, 5) is 20.9. The molecule has 7 nitrogen and oxygen atoms in total. The molecule has 1 saturated heterocycles. The minimum Gasteiger partial charge on any atom is -0.341 e. The number of hydrogen-bond acceptors (Lipinski definition) is 5. The zero-order valence-electron chi connectivity index (χ0n) is 12.9. The minimum absolute atomic E-state index is 0.112. The van der Waals surface area contributed by atoms with E-state index in [-0.39, 0.29) is 22.8 Å². The van der Waals surface area contributed by atoms with Gasteiger partial charge in [-0.25, -0.2) is 18.1 Å². The van der Waals surface area contributed by atoms with Gasteiger partial charge in [-0.05, 0) is 25.2 Å². The first-order chi connectivity index (χ1) is 10.3. The average Bonchev–Trinajstić information content (AvgIpc) is 3.20. The SMILES string of the molecule is CC(C)c1cc(=O)[nH]c(N2CCC(NS(=O)(=O)C3CC3)C2)n1. The highest BCUT2D eigenvalue weighted by atomic mass is 32.2. The summed E-state index contributed by atoms with van der Waals surface area (Å²) < 4.78 is 26.8. The summed E-state index contributed by atoms with van der Waals surface area (Å²) >= 11 is 0. The molecule has 1 unspecified atom stereocenters. The molecule has 1 aromatic rings. The van der Waals surface area contributed by atoms with Gasteiger partial charge >= 0.3 is 0 Å². The van der Waals surface area contributed by atoms with Crippen LogP contribution in [0.25, 0.3) is 0 Å². The fourth-order valence-electron chi connectivity index (χ4n) is 2.66. The summed E-state index contributed by atoms with van der Waals surface area (Å²) in [6, 6.07) is 1.40. The number of aromatic nitrogens is 2. The van der Waals surface area contributed by atoms with Crippen molar-refractivity contribution >= 4 is 16.0 Å². The topological polar surface area (TPSA) is 95.2 Å². The largest absolute Gasteiger partial charge is 0.341 e. The van der Waals surface area contributed by atoms with Crippen molar-refractivity contribution in [2.45, 2.75) is 50.3 Å². The van der Waals surface area contributed by atoms with E-state index < -0.39 is 10.0 Å². The van der Waals surface area contributed by atoms with Crippen LogP contribution in [0.5, 0.6) is 0 Å². The van der Waals surface area contributed by atoms with Crippen molar-refractivity contribution in [3.05, 3.63) is 22.1 Å². The average molecular weight is 326 g/mol. The van der Waals surface area contributed by atoms with Gasteiger partial charge in [0.15, 0.2) is 0 Å². The highest BCUT2D eigenvalue weighted by Crippen LogP contribution is 2.28. The predicted molar refractivity (Wildman–Crippen MR) is 84.6 cm³/mol. The molecule has 0 amide bonds. The van der Waals surface area contributed by atoms with Crippen LogP contribution in [-0.4, -0.2) is 42.8 Å². The van der Waals surface area contributed by atoms with Crippen LogP contribution < -0.4 is 15.2 Å². The molecule has 122 valence electrons. The van der Waals surface area contributed by atoms with E-state index >= 15 is 0 Å². The van der Waals surface area contributed by atoms with Crippen LogP contribution in [0.3, 0.4) is 0 Å². The molecule has 0 spiro atoms. The molecule has 2 N–H and O–H groups in total. The molecule has 22 heavy (non-hydrogen) atoms. The lowest BCUT2D eigenvalue weighted by atomic mass is 10.1. The van der Waals surface area contributed by atoms with Crippen LogP contribution in [0.4, 0.5) is 5.95 Å². The van der Waals surface area contributed by atoms with E-state index in [9.17, 15) is 13.2 Å². The van der Waals surface area contributed by atoms with Crippen LogP contribution in [0.2, 0.25) is 0 Å². The van der Waals surface area contributed by atoms with E-state index in [1.807, 2.05) is 18.7 Å². The van der Waals surface area contributed by atoms with E-state index in [1.165, 1.54) is 6.07 Å². The number of H-pyrrole nitrogens is 1. The van der Waals surface area contributed by atoms with Crippen molar-refractivity contribution in [2.75, 3.05) is 18.0 Å². The molecule has 1 aromatic heterocycles. The number of sulfonamides is 1. The van der Waals surface area contributed by atoms with Gasteiger partial charge in [0.25, 0.3) is 5.56 Å². The zero-order valence-corrected chi connectivity index (χ0v) is 13.7. The number of nitrogens with one attached hydrogen (secondary N) is 2. The molecule has 2 aliphatic rings. The smallest absolute Gasteiger partial charge is 0.252 e. The lowest BCUT2D eigenvalue weighted by molar-refractivity contribution is 0.560. The summed E-state index contributed by atoms with van der Waals surface area (Å²) in [5, 5.41) is -0.205. The second-order valence-corrected chi connectivity index (χ2v) is 8.43. The lowest BCUT2D eigenvalue weighted by Crippen LogP contribution is -2.39. The number of anilines is 1. The first kappa shape index (κ1) is 15.5. The Morgan fingerprint density at radius 3 is 2.73 bits per heavy atom. The van der Waals surface area contributed by atoms with Crippen LogP contribution >= 0.6 is 0 Å². The monoisotopic (exact) mass is 326 g/mol. The molecule has 0 radical (unpaired) electrons. The molecule has 2 heterocycles. The highest BCUT2D eigenvalue weighted by Gasteiger charge is 2.38. The Morgan fingerprint density at radius 2 is 2.09 bits per heavy atom. The maximum Gasteiger partial charge on any atom is 0.252 e. The van der Waals surface area contributed by atoms with Gasteiger partial charge in [-0.1, -0.05) is 13.8 Å². The second-order valence-electron chi connectivity index (χ2n) is 6.44. The van der Waals surface area contributed by atoms with Gasteiger partial charge in [0, 0.05) is 25.2 Å². The van der Waals surface area contributed by atoms with E-state index in [0.717, 1.165) is 25.0 Å². The number of hydrogen-bond donors (Lipinski definition) is 2. The van der Waals surface area contributed by atoms with Gasteiger partial charge in [0.05, 0.1) is 10.9 Å². The van der Waals surface area contributed by atoms with Gasteiger partial charge < -0.3 is 4.90 Å². The number of aromatic amines is 1. The van der Waals surface area contributed by atoms with Crippen molar-refractivity contribution in [3.63, 3.8) is 0 Å². The van der Waals surface area contributed by atoms with E-state index in [2.05, 4.69) is 14.7 Å². The van der Waals surface area contributed by atoms with Gasteiger partial charge in [-0.3, -0.25) is 9.78 Å². The lowest BCUT2D eigenvalue weighted by Gasteiger charge is -2.18. The number of rotatable bonds is 5. The fraction of sp³-hybridized carbons (Fsp3) is 0.714. The Hall–Kier alpha value is -1.41. The molecular formula is C14H22N4O3S. The Bertz CT molecular complexity index is 709. The quantitative estimate of drug-likeness (QED) is 0.824. The van der Waals surface area contributed by atoms with E-state index in [1.54, 1.807) is 0 Å². The Kier molecular flexibility index (Phi) is 3.98. The van der Waals surface area contributed by atoms with Crippen molar-refractivity contribution in [1.82, 2.24) is 14.7 Å². The Balaban J connectivity index is 1.71. The first-order valence-corrected chi connectivity index (χ1v) is 9.27. The molecule has 2 fully saturated rings. The van der Waals surface area contributed by atoms with Gasteiger partial charge in [-0.2, -0.15) is 0 Å². The first-order valence-electron chi connectivity index (χ1n) is 7.72. The van der Waals surface area contributed by atoms with Crippen LogP contribution in [0, 0.1) is 0 Å². The van der Waals surface area contributed by atoms with Gasteiger partial charge in [-0.15, -0.1) is 0 Å². The second kappa shape index (κ2) is 5.66. The normalized spacial score (nSPS) is 22.5. The third-order valence-electron chi connectivity index (χ3n) is 4.12. The van der Waals surface area contributed by atoms with E-state index in [0.29, 0.717) is 19.0 Å². The number of nitrogens with zero attached hydrogens (tertiary/aromatic N) is 2. The van der Waals surface area contributed by atoms with Crippen LogP contribution in [0.15, 0.2) is 10.9 Å². The molecule has 1 saturated carbocycles. The molecule has 1 aliphatic carbocycles. The highest BCUT2D eigenvalue weighted by molar-refractivity contribution is 7.90. The summed E-state index contributed by atoms with van der Waals surface area (Å²) in [5.74, 6) is 0.706. The summed E-state index contributed by atoms with van der Waals surface area (Å²) in [7, 11) is -3.17. The van der Waals surface area contributed by atoms with Gasteiger partial charge in [0.2, 0.25) is 16.0 Å². The fourth-order valence-corrected chi connectivity index (χ4v) is 4.27. The predicted octanol–water partition coefficient (Wildman–Crippen LogP) is 0.554. The maximum absolute atomic E-state index is 12.0. The van der Waals surface area contributed by atoms with Crippen LogP contribution in [0.1, 0.15) is 44.7 Å². The molecule has 3 rings (SSSR count). The zero-order chi connectivity index (χ0) is 15.9. The Labute approximate surface area is 130 Å². The van der Waals surface area contributed by atoms with Gasteiger partial charge in [0.1, 0.15) is 0 Å². The summed E-state index contributed by atoms with van der Waals surface area (Å²) in [5.41, 5.74) is 0.580. The molecule has 0 aromatic carbocycles. The molecule has 8 heteroatoms. The molecular weight excluding hydrogens is 304 g/mol. The Morgan fingerprint density at radius 1 is 1.36 bits per heavy atom. The summed E-state index contributed by atoms with van der Waals surface area (Å²) in [6.45, 7) is 5.20. The van der Waals surface area contributed by atoms with Crippen molar-refractivity contribution in [2.24, 2.45) is 0 Å². The van der Waals surface area contributed by atoms with E-state index in [4.69, 9.17) is 0 Å². The standard InChI is InChI=1S/C14H22N4O3S/c1-9(2)12-7-13(19)16-14(15-12)18-6-5-10(8-18)17-22(20,21)11-3-4-11/h7,9-11,17H,3-6,8H2,1-2H3,(H,15,16,19). The van der Waals surface area contributed by atoms with Crippen molar-refractivity contribution < 1.29 is 8.42 Å². The van der Waals surface area contributed by atoms with Crippen molar-refractivity contribution in [1.29, 1.82) is 0 Å². The molecule has 0 bridgehead atoms. The van der Waals surface area contributed by atoms with Crippen LogP contribution in [-0.2, 0) is 10.0 Å². The third kappa shape index (κ3) is 3.33. The summed E-state index contributed by atoms with van der Waals surface area (Å²) in [6.07, 6.45) is 2.25. The molecule has 1 atom stereocenters.